The zero-order valence-corrected chi connectivity index (χ0v) is 14.5. The predicted molar refractivity (Wildman–Crippen MR) is 99.5 cm³/mol. The van der Waals surface area contributed by atoms with E-state index in [-0.39, 0.29) is 0 Å². The third-order valence-electron chi connectivity index (χ3n) is 5.49. The second kappa shape index (κ2) is 6.43. The predicted octanol–water partition coefficient (Wildman–Crippen LogP) is 5.08. The number of aromatic carboxylic acids is 1. The van der Waals surface area contributed by atoms with E-state index in [9.17, 15) is 9.90 Å². The topological polar surface area (TPSA) is 51.5 Å². The molecule has 0 atom stereocenters. The highest BCUT2D eigenvalue weighted by Crippen LogP contribution is 2.35. The molecule has 1 heterocycles. The van der Waals surface area contributed by atoms with Crippen LogP contribution in [0.25, 0.3) is 21.8 Å². The Morgan fingerprint density at radius 2 is 1.88 bits per heavy atom. The minimum atomic E-state index is -0.886. The van der Waals surface area contributed by atoms with Crippen molar-refractivity contribution in [1.29, 1.82) is 0 Å². The third-order valence-corrected chi connectivity index (χ3v) is 5.49. The summed E-state index contributed by atoms with van der Waals surface area (Å²) in [5, 5.41) is 11.4. The van der Waals surface area contributed by atoms with Crippen LogP contribution in [-0.4, -0.2) is 22.8 Å². The first kappa shape index (κ1) is 16.0. The Kier molecular flexibility index (Phi) is 4.12. The van der Waals surface area contributed by atoms with E-state index < -0.39 is 5.97 Å². The van der Waals surface area contributed by atoms with Gasteiger partial charge in [-0.05, 0) is 49.1 Å². The quantitative estimate of drug-likeness (QED) is 0.722. The third kappa shape index (κ3) is 2.86. The van der Waals surface area contributed by atoms with E-state index in [1.807, 2.05) is 18.2 Å². The summed E-state index contributed by atoms with van der Waals surface area (Å²) in [6, 6.07) is 11.5. The molecule has 130 valence electrons. The fourth-order valence-corrected chi connectivity index (χ4v) is 4.16. The fourth-order valence-electron chi connectivity index (χ4n) is 4.16. The lowest BCUT2D eigenvalue weighted by Gasteiger charge is -2.23. The number of benzene rings is 2. The largest absolute Gasteiger partial charge is 0.497 e. The van der Waals surface area contributed by atoms with Crippen LogP contribution in [0.1, 0.15) is 42.5 Å². The van der Waals surface area contributed by atoms with E-state index in [4.69, 9.17) is 4.74 Å². The van der Waals surface area contributed by atoms with E-state index in [2.05, 4.69) is 10.6 Å². The van der Waals surface area contributed by atoms with Crippen molar-refractivity contribution < 1.29 is 14.6 Å². The van der Waals surface area contributed by atoms with Crippen molar-refractivity contribution in [1.82, 2.24) is 4.57 Å². The minimum absolute atomic E-state index is 0.333. The summed E-state index contributed by atoms with van der Waals surface area (Å²) < 4.78 is 7.77. The molecule has 0 amide bonds. The van der Waals surface area contributed by atoms with Gasteiger partial charge in [0.15, 0.2) is 0 Å². The zero-order chi connectivity index (χ0) is 17.4. The van der Waals surface area contributed by atoms with Crippen LogP contribution in [0.3, 0.4) is 0 Å². The first-order valence-corrected chi connectivity index (χ1v) is 9.00. The van der Waals surface area contributed by atoms with Gasteiger partial charge in [-0.3, -0.25) is 0 Å². The van der Waals surface area contributed by atoms with Gasteiger partial charge in [-0.25, -0.2) is 4.79 Å². The molecule has 1 N–H and O–H groups in total. The molecule has 0 aliphatic heterocycles. The van der Waals surface area contributed by atoms with Gasteiger partial charge in [0.1, 0.15) is 5.75 Å². The van der Waals surface area contributed by atoms with Gasteiger partial charge in [-0.1, -0.05) is 19.3 Å². The lowest BCUT2D eigenvalue weighted by atomic mass is 9.89. The maximum atomic E-state index is 11.4. The van der Waals surface area contributed by atoms with Gasteiger partial charge in [0.25, 0.3) is 0 Å². The molecule has 2 aromatic carbocycles. The summed E-state index contributed by atoms with van der Waals surface area (Å²) >= 11 is 0. The van der Waals surface area contributed by atoms with Crippen molar-refractivity contribution in [3.05, 3.63) is 42.0 Å². The SMILES string of the molecule is COc1ccc2c3cc(C(=O)O)ccc3n(CC3CCCCC3)c2c1. The van der Waals surface area contributed by atoms with E-state index >= 15 is 0 Å². The molecule has 3 aromatic rings. The number of carboxylic acid groups (broad SMARTS) is 1. The normalized spacial score (nSPS) is 15.7. The van der Waals surface area contributed by atoms with Crippen LogP contribution in [0.5, 0.6) is 5.75 Å². The summed E-state index contributed by atoms with van der Waals surface area (Å²) in [7, 11) is 1.68. The number of hydrogen-bond donors (Lipinski definition) is 1. The molecule has 1 saturated carbocycles. The Labute approximate surface area is 147 Å². The number of aromatic nitrogens is 1. The highest BCUT2D eigenvalue weighted by molar-refractivity contribution is 6.10. The van der Waals surface area contributed by atoms with Crippen molar-refractivity contribution in [3.63, 3.8) is 0 Å². The molecule has 4 nitrogen and oxygen atoms in total. The van der Waals surface area contributed by atoms with Crippen LogP contribution in [-0.2, 0) is 6.54 Å². The van der Waals surface area contributed by atoms with Gasteiger partial charge in [-0.2, -0.15) is 0 Å². The van der Waals surface area contributed by atoms with Gasteiger partial charge in [0, 0.05) is 28.9 Å². The maximum Gasteiger partial charge on any atom is 0.335 e. The van der Waals surface area contributed by atoms with E-state index in [1.165, 1.54) is 32.1 Å². The Morgan fingerprint density at radius 1 is 1.08 bits per heavy atom. The highest BCUT2D eigenvalue weighted by Gasteiger charge is 2.19. The van der Waals surface area contributed by atoms with E-state index in [0.29, 0.717) is 11.5 Å². The molecular formula is C21H23NO3. The summed E-state index contributed by atoms with van der Waals surface area (Å²) in [5.74, 6) is 0.639. The number of carbonyl (C=O) groups is 1. The number of nitrogens with zero attached hydrogens (tertiary/aromatic N) is 1. The molecule has 1 aliphatic carbocycles. The van der Waals surface area contributed by atoms with Gasteiger partial charge < -0.3 is 14.4 Å². The summed E-state index contributed by atoms with van der Waals surface area (Å²) in [6.45, 7) is 0.986. The Bertz CT molecular complexity index is 935. The zero-order valence-electron chi connectivity index (χ0n) is 14.5. The molecule has 0 bridgehead atoms. The molecule has 1 fully saturated rings. The Balaban J connectivity index is 1.91. The maximum absolute atomic E-state index is 11.4. The number of hydrogen-bond acceptors (Lipinski definition) is 2. The van der Waals surface area contributed by atoms with Gasteiger partial charge >= 0.3 is 5.97 Å². The van der Waals surface area contributed by atoms with Gasteiger partial charge in [0.05, 0.1) is 18.2 Å². The van der Waals surface area contributed by atoms with Gasteiger partial charge in [-0.15, -0.1) is 0 Å². The number of fused-ring (bicyclic) bond motifs is 3. The molecule has 1 aromatic heterocycles. The van der Waals surface area contributed by atoms with Crippen LogP contribution < -0.4 is 4.74 Å². The highest BCUT2D eigenvalue weighted by atomic mass is 16.5. The lowest BCUT2D eigenvalue weighted by molar-refractivity contribution is 0.0697. The molecule has 1 aliphatic rings. The summed E-state index contributed by atoms with van der Waals surface area (Å²) in [5.41, 5.74) is 2.57. The standard InChI is InChI=1S/C21H23NO3/c1-25-16-8-9-17-18-11-15(21(23)24)7-10-19(18)22(20(17)12-16)13-14-5-3-2-4-6-14/h7-12,14H,2-6,13H2,1H3,(H,23,24). The number of rotatable bonds is 4. The summed E-state index contributed by atoms with van der Waals surface area (Å²) in [6.07, 6.45) is 6.53. The molecule has 0 unspecified atom stereocenters. The van der Waals surface area contributed by atoms with Gasteiger partial charge in [0.2, 0.25) is 0 Å². The Hall–Kier alpha value is -2.49. The fraction of sp³-hybridized carbons (Fsp3) is 0.381. The number of ether oxygens (including phenoxy) is 1. The van der Waals surface area contributed by atoms with Crippen LogP contribution in [0.4, 0.5) is 0 Å². The Morgan fingerprint density at radius 3 is 2.60 bits per heavy atom. The smallest absolute Gasteiger partial charge is 0.335 e. The second-order valence-electron chi connectivity index (χ2n) is 7.03. The lowest BCUT2D eigenvalue weighted by Crippen LogP contribution is -2.14. The first-order valence-electron chi connectivity index (χ1n) is 9.00. The van der Waals surface area contributed by atoms with Crippen molar-refractivity contribution in [3.8, 4) is 5.75 Å². The van der Waals surface area contributed by atoms with Crippen molar-refractivity contribution in [2.24, 2.45) is 5.92 Å². The first-order chi connectivity index (χ1) is 12.2. The molecular weight excluding hydrogens is 314 g/mol. The summed E-state index contributed by atoms with van der Waals surface area (Å²) in [4.78, 5) is 11.4. The van der Waals surface area contributed by atoms with Crippen molar-refractivity contribution in [2.45, 2.75) is 38.6 Å². The van der Waals surface area contributed by atoms with E-state index in [0.717, 1.165) is 34.1 Å². The average molecular weight is 337 g/mol. The molecule has 4 rings (SSSR count). The van der Waals surface area contributed by atoms with Crippen LogP contribution in [0.2, 0.25) is 0 Å². The molecule has 0 spiro atoms. The van der Waals surface area contributed by atoms with Crippen LogP contribution >= 0.6 is 0 Å². The van der Waals surface area contributed by atoms with Crippen molar-refractivity contribution in [2.75, 3.05) is 7.11 Å². The van der Waals surface area contributed by atoms with Crippen LogP contribution in [0, 0.1) is 5.92 Å². The molecule has 25 heavy (non-hydrogen) atoms. The monoisotopic (exact) mass is 337 g/mol. The minimum Gasteiger partial charge on any atom is -0.497 e. The average Bonchev–Trinajstić information content (AvgIpc) is 2.95. The molecule has 0 saturated heterocycles. The number of carboxylic acids is 1. The number of methoxy groups -OCH3 is 1. The van der Waals surface area contributed by atoms with Crippen LogP contribution in [0.15, 0.2) is 36.4 Å². The van der Waals surface area contributed by atoms with Crippen molar-refractivity contribution >= 4 is 27.8 Å². The second-order valence-corrected chi connectivity index (χ2v) is 7.03. The molecule has 4 heteroatoms. The van der Waals surface area contributed by atoms with E-state index in [1.54, 1.807) is 19.2 Å². The molecule has 0 radical (unpaired) electrons.